The van der Waals surface area contributed by atoms with Crippen LogP contribution in [-0.2, 0) is 65.1 Å². The van der Waals surface area contributed by atoms with Crippen molar-refractivity contribution in [3.8, 4) is 0 Å². The number of rotatable bonds is 24. The minimum Gasteiger partial charge on any atom is -0.857 e. The smallest absolute Gasteiger partial charge is 0.857 e. The maximum absolute atomic E-state index is 8.49. The van der Waals surface area contributed by atoms with Crippen molar-refractivity contribution in [1.82, 2.24) is 29.7 Å². The van der Waals surface area contributed by atoms with E-state index in [1.54, 1.807) is 0 Å². The summed E-state index contributed by atoms with van der Waals surface area (Å²) in [6, 6.07) is 25.1. The van der Waals surface area contributed by atoms with Crippen LogP contribution in [-0.4, -0.2) is 118 Å². The number of aliphatic hydroxyl groups excluding tert-OH is 1. The van der Waals surface area contributed by atoms with E-state index < -0.39 is 20.5 Å². The van der Waals surface area contributed by atoms with Crippen LogP contribution in [0, 0.1) is 42.1 Å². The van der Waals surface area contributed by atoms with Crippen molar-refractivity contribution in [2.45, 2.75) is 123 Å². The van der Waals surface area contributed by atoms with Crippen molar-refractivity contribution < 1.29 is 112 Å². The maximum atomic E-state index is 8.49. The fourth-order valence-corrected chi connectivity index (χ4v) is 7.46. The van der Waals surface area contributed by atoms with Gasteiger partial charge in [-0.15, -0.1) is 20.5 Å². The normalized spacial score (nSPS) is 11.2. The van der Waals surface area contributed by atoms with Gasteiger partial charge < -0.3 is 36.6 Å². The first-order valence-corrected chi connectivity index (χ1v) is 30.8. The molecule has 0 radical (unpaired) electrons. The molecule has 4 rings (SSSR count). The molecule has 5 N–H and O–H groups in total. The van der Waals surface area contributed by atoms with Crippen molar-refractivity contribution >= 4 is 46.8 Å². The molecule has 0 atom stereocenters. The molecule has 462 valence electrons. The minimum atomic E-state index is -4.94. The van der Waals surface area contributed by atoms with Gasteiger partial charge in [0, 0.05) is 84.1 Å². The Morgan fingerprint density at radius 2 is 0.585 bits per heavy atom. The Kier molecular flexibility index (Phi) is 51.7. The second-order valence-electron chi connectivity index (χ2n) is 22.3. The number of nitrogens with one attached hydrogen (secondary N) is 4. The van der Waals surface area contributed by atoms with Gasteiger partial charge in [0.2, 0.25) is 0 Å². The summed E-state index contributed by atoms with van der Waals surface area (Å²) in [5.41, 5.74) is 5.24. The fraction of sp³-hybridized carbons (Fsp3) is 0.636. The third kappa shape index (κ3) is 59.5. The van der Waals surface area contributed by atoms with Gasteiger partial charge in [-0.3, -0.25) is 9.80 Å². The van der Waals surface area contributed by atoms with Crippen LogP contribution >= 0.6 is 23.5 Å². The monoisotopic (exact) mass is 1330 g/mol. The number of hydrogen-bond donors (Lipinski definition) is 5. The van der Waals surface area contributed by atoms with Crippen LogP contribution < -0.4 is 68.8 Å². The van der Waals surface area contributed by atoms with E-state index in [0.717, 1.165) is 156 Å². The molecule has 82 heavy (non-hydrogen) atoms. The topological polar surface area (TPSA) is 357 Å². The summed E-state index contributed by atoms with van der Waals surface area (Å²) < 4.78 is 67.9. The number of aromatic nitrogens is 4. The van der Waals surface area contributed by atoms with Crippen LogP contribution in [0.15, 0.2) is 72.8 Å². The molecule has 0 aliphatic heterocycles. The van der Waals surface area contributed by atoms with E-state index in [1.807, 2.05) is 23.5 Å². The van der Waals surface area contributed by atoms with E-state index in [9.17, 15) is 0 Å². The molecule has 0 fully saturated rings. The number of halogens is 2. The molecule has 0 amide bonds. The minimum absolute atomic E-state index is 0. The third-order valence-corrected chi connectivity index (χ3v) is 11.2. The summed E-state index contributed by atoms with van der Waals surface area (Å²) in [4.78, 5) is 24.4. The largest absolute Gasteiger partial charge is 2.00 e. The Balaban J connectivity index is -0.000000375. The number of thioether (sulfide) groups is 2. The molecule has 0 aliphatic carbocycles. The molecule has 0 saturated carbocycles. The van der Waals surface area contributed by atoms with Gasteiger partial charge in [0.25, 0.3) is 0 Å². The summed E-state index contributed by atoms with van der Waals surface area (Å²) in [5, 5.41) is 37.4. The Bertz CT molecular complexity index is 1870. The standard InChI is InChI=1S/2C26H43N5S.CH4O.2CH3O.2ClHO4.2Zn/c2*1-8-32-16-15-31(17-21-11-9-13-23(29-21)27-19-25(2,3)4)18-22-12-10-14-24(30-22)28-20-26(5,6)7;3*1-2;2*2-1(3,4)5;;/h2*9-14H,8,15-20H2,1-7H3,(H,27,29)(H,28,30);2H,1H3;2*1H3;2*(H,2,3,4,5);;/q;;;2*-1;;;2*+2/p-2. The maximum Gasteiger partial charge on any atom is 2.00 e. The third-order valence-electron chi connectivity index (χ3n) is 9.48. The molecule has 0 saturated heterocycles. The van der Waals surface area contributed by atoms with Gasteiger partial charge in [-0.2, -0.15) is 37.7 Å². The molecule has 0 spiro atoms. The molecule has 0 aromatic carbocycles. The molecule has 0 aliphatic rings. The second-order valence-corrected chi connectivity index (χ2v) is 26.6. The molecule has 0 unspecified atom stereocenters. The summed E-state index contributed by atoms with van der Waals surface area (Å²) in [7, 11) is -7.39. The van der Waals surface area contributed by atoms with Crippen LogP contribution in [0.1, 0.15) is 120 Å². The zero-order valence-electron chi connectivity index (χ0n) is 52.0. The first-order valence-electron chi connectivity index (χ1n) is 26.0. The number of nitrogens with zero attached hydrogens (tertiary/aromatic N) is 6. The number of aliphatic hydroxyl groups is 1. The average Bonchev–Trinajstić information content (AvgIpc) is 3.35. The van der Waals surface area contributed by atoms with Crippen molar-refractivity contribution in [3.05, 3.63) is 95.6 Å². The van der Waals surface area contributed by atoms with E-state index in [2.05, 4.69) is 201 Å². The zero-order chi connectivity index (χ0) is 62.2. The Morgan fingerprint density at radius 3 is 0.744 bits per heavy atom. The van der Waals surface area contributed by atoms with E-state index in [-0.39, 0.29) is 60.6 Å². The first kappa shape index (κ1) is 88.6. The molecule has 0 bridgehead atoms. The van der Waals surface area contributed by atoms with Crippen molar-refractivity contribution in [2.75, 3.05) is 105 Å². The van der Waals surface area contributed by atoms with Crippen LogP contribution in [0.3, 0.4) is 0 Å². The van der Waals surface area contributed by atoms with E-state index in [1.165, 1.54) is 0 Å². The molecule has 21 nitrogen and oxygen atoms in total. The van der Waals surface area contributed by atoms with Crippen molar-refractivity contribution in [2.24, 2.45) is 21.7 Å². The summed E-state index contributed by atoms with van der Waals surface area (Å²) >= 11 is 3.96. The van der Waals surface area contributed by atoms with E-state index in [4.69, 9.17) is 72.5 Å². The van der Waals surface area contributed by atoms with Crippen LogP contribution in [0.4, 0.5) is 23.3 Å². The van der Waals surface area contributed by atoms with Crippen LogP contribution in [0.2, 0.25) is 0 Å². The Labute approximate surface area is 530 Å². The number of hydrogen-bond acceptors (Lipinski definition) is 23. The summed E-state index contributed by atoms with van der Waals surface area (Å²) in [6.07, 6.45) is 0. The Morgan fingerprint density at radius 1 is 0.402 bits per heavy atom. The van der Waals surface area contributed by atoms with Crippen molar-refractivity contribution in [1.29, 1.82) is 0 Å². The Hall–Kier alpha value is -2.19. The van der Waals surface area contributed by atoms with E-state index in [0.29, 0.717) is 0 Å². The van der Waals surface area contributed by atoms with Gasteiger partial charge in [0.05, 0.1) is 22.8 Å². The van der Waals surface area contributed by atoms with Gasteiger partial charge in [0.1, 0.15) is 23.3 Å². The SMILES string of the molecule is CCSCCN(Cc1cccc(NCC(C)(C)C)n1)Cc1cccc(NCC(C)(C)C)n1.CCSCCN(Cc1cccc(NCC(C)(C)C)n1)Cc1cccc(NCC(C)(C)C)n1.CO.C[O-].C[O-].[O-][Cl+3]([O-])([O-])[O-].[O-][Cl+3]([O-])([O-])[O-].[Zn+2].[Zn+2]. The summed E-state index contributed by atoms with van der Waals surface area (Å²) in [6.45, 7) is 40.1. The van der Waals surface area contributed by atoms with Gasteiger partial charge in [-0.1, -0.05) is 121 Å². The fourth-order valence-electron chi connectivity index (χ4n) is 6.11. The molecule has 4 aromatic heterocycles. The summed E-state index contributed by atoms with van der Waals surface area (Å²) in [5.74, 6) is 8.31. The van der Waals surface area contributed by atoms with Gasteiger partial charge in [-0.05, 0) is 81.7 Å². The predicted molar refractivity (Wildman–Crippen MR) is 303 cm³/mol. The average molecular weight is 1340 g/mol. The van der Waals surface area contributed by atoms with E-state index >= 15 is 0 Å². The predicted octanol–water partition coefficient (Wildman–Crippen LogP) is 0.340. The molecule has 4 heterocycles. The number of pyridine rings is 4. The quantitative estimate of drug-likeness (QED) is 0.0466. The van der Waals surface area contributed by atoms with Crippen molar-refractivity contribution in [3.63, 3.8) is 0 Å². The van der Waals surface area contributed by atoms with Crippen LogP contribution in [0.5, 0.6) is 0 Å². The number of anilines is 4. The van der Waals surface area contributed by atoms with Crippen LogP contribution in [0.25, 0.3) is 0 Å². The van der Waals surface area contributed by atoms with Gasteiger partial charge >= 0.3 is 39.0 Å². The molecule has 27 heteroatoms. The second kappa shape index (κ2) is 47.9. The van der Waals surface area contributed by atoms with Gasteiger partial charge in [-0.25, -0.2) is 57.2 Å². The molecular formula is C55H96Cl2N10O11S2Zn2. The zero-order valence-corrected chi connectivity index (χ0v) is 61.1. The molecular weight excluding hydrogens is 1240 g/mol. The van der Waals surface area contributed by atoms with Gasteiger partial charge in [0.15, 0.2) is 0 Å². The molecule has 4 aromatic rings. The first-order chi connectivity index (χ1) is 37.1.